The van der Waals surface area contributed by atoms with Gasteiger partial charge in [-0.3, -0.25) is 10.1 Å². The van der Waals surface area contributed by atoms with E-state index < -0.39 is 23.1 Å². The topological polar surface area (TPSA) is 58.2 Å². The molecule has 10 heteroatoms. The second-order valence-corrected chi connectivity index (χ2v) is 6.34. The van der Waals surface area contributed by atoms with Crippen molar-refractivity contribution in [3.63, 3.8) is 0 Å². The van der Waals surface area contributed by atoms with Crippen LogP contribution in [-0.4, -0.2) is 18.1 Å². The lowest BCUT2D eigenvalue weighted by atomic mass is 10.2. The lowest BCUT2D eigenvalue weighted by Crippen LogP contribution is -2.34. The monoisotopic (exact) mass is 436 g/mol. The number of hydrogen-bond acceptors (Lipinski definition) is 2. The number of rotatable bonds is 3. The molecule has 0 fully saturated rings. The molecule has 0 aromatic heterocycles. The Bertz CT molecular complexity index is 894. The van der Waals surface area contributed by atoms with E-state index in [1.807, 2.05) is 5.32 Å². The highest BCUT2D eigenvalue weighted by molar-refractivity contribution is 6.40. The number of hydrogen-bond donors (Lipinski definition) is 2. The minimum atomic E-state index is -4.68. The van der Waals surface area contributed by atoms with Gasteiger partial charge in [0.25, 0.3) is 5.91 Å². The number of imide groups is 1. The Labute approximate surface area is 166 Å². The summed E-state index contributed by atoms with van der Waals surface area (Å²) in [7, 11) is 0. The van der Waals surface area contributed by atoms with Crippen molar-refractivity contribution in [3.05, 3.63) is 68.7 Å². The number of urea groups is 1. The van der Waals surface area contributed by atoms with Crippen LogP contribution < -0.4 is 10.6 Å². The average Bonchev–Trinajstić information content (AvgIpc) is 2.53. The Balaban J connectivity index is 2.10. The van der Waals surface area contributed by atoms with Crippen molar-refractivity contribution in [2.75, 3.05) is 5.32 Å². The van der Waals surface area contributed by atoms with Crippen LogP contribution in [0.15, 0.2) is 47.5 Å². The highest BCUT2D eigenvalue weighted by atomic mass is 35.5. The normalized spacial score (nSPS) is 11.9. The van der Waals surface area contributed by atoms with Crippen LogP contribution >= 0.6 is 34.8 Å². The third-order valence-electron chi connectivity index (χ3n) is 3.13. The van der Waals surface area contributed by atoms with E-state index in [2.05, 4.69) is 5.32 Å². The maximum Gasteiger partial charge on any atom is 0.426 e. The van der Waals surface area contributed by atoms with Crippen molar-refractivity contribution in [1.82, 2.24) is 5.32 Å². The van der Waals surface area contributed by atoms with E-state index in [-0.39, 0.29) is 26.9 Å². The molecule has 0 unspecified atom stereocenters. The molecule has 3 amide bonds. The third kappa shape index (κ3) is 5.89. The Morgan fingerprint density at radius 1 is 1.00 bits per heavy atom. The number of anilines is 1. The smallest absolute Gasteiger partial charge is 0.308 e. The zero-order valence-corrected chi connectivity index (χ0v) is 15.5. The molecule has 2 rings (SSSR count). The van der Waals surface area contributed by atoms with Gasteiger partial charge >= 0.3 is 12.2 Å². The summed E-state index contributed by atoms with van der Waals surface area (Å²) in [5.74, 6) is -0.834. The van der Waals surface area contributed by atoms with Crippen LogP contribution in [0.5, 0.6) is 0 Å². The number of benzene rings is 2. The van der Waals surface area contributed by atoms with Gasteiger partial charge in [-0.2, -0.15) is 13.2 Å². The molecular formula is C17H10Cl3F3N2O2. The summed E-state index contributed by atoms with van der Waals surface area (Å²) in [6, 6.07) is 8.93. The molecular weight excluding hydrogens is 428 g/mol. The van der Waals surface area contributed by atoms with Gasteiger partial charge in [-0.25, -0.2) is 4.79 Å². The minimum absolute atomic E-state index is 0.0572. The van der Waals surface area contributed by atoms with Gasteiger partial charge in [-0.15, -0.1) is 0 Å². The second kappa shape index (κ2) is 8.65. The summed E-state index contributed by atoms with van der Waals surface area (Å²) in [5.41, 5.74) is 0.172. The first kappa shape index (κ1) is 21.1. The van der Waals surface area contributed by atoms with Gasteiger partial charge in [0.1, 0.15) is 5.03 Å². The maximum atomic E-state index is 12.5. The molecule has 0 aliphatic rings. The largest absolute Gasteiger partial charge is 0.426 e. The first-order valence-electron chi connectivity index (χ1n) is 7.18. The van der Waals surface area contributed by atoms with E-state index in [4.69, 9.17) is 34.8 Å². The van der Waals surface area contributed by atoms with Crippen LogP contribution in [0.1, 0.15) is 15.9 Å². The Kier molecular flexibility index (Phi) is 6.75. The van der Waals surface area contributed by atoms with Gasteiger partial charge in [-0.1, -0.05) is 53.0 Å². The minimum Gasteiger partial charge on any atom is -0.308 e. The van der Waals surface area contributed by atoms with Crippen molar-refractivity contribution in [2.45, 2.75) is 6.18 Å². The number of carbonyl (C=O) groups is 2. The Morgan fingerprint density at radius 2 is 1.59 bits per heavy atom. The van der Waals surface area contributed by atoms with E-state index >= 15 is 0 Å². The number of amides is 3. The van der Waals surface area contributed by atoms with Crippen LogP contribution in [0.3, 0.4) is 0 Å². The van der Waals surface area contributed by atoms with Gasteiger partial charge in [0.2, 0.25) is 0 Å². The quantitative estimate of drug-likeness (QED) is 0.610. The summed E-state index contributed by atoms with van der Waals surface area (Å²) in [4.78, 5) is 24.1. The van der Waals surface area contributed by atoms with Crippen molar-refractivity contribution in [2.24, 2.45) is 0 Å². The summed E-state index contributed by atoms with van der Waals surface area (Å²) in [5, 5.41) is 3.16. The number of nitrogens with one attached hydrogen (secondary N) is 2. The van der Waals surface area contributed by atoms with Crippen molar-refractivity contribution in [3.8, 4) is 0 Å². The van der Waals surface area contributed by atoms with Gasteiger partial charge in [0, 0.05) is 5.69 Å². The predicted molar refractivity (Wildman–Crippen MR) is 99.3 cm³/mol. The molecule has 0 saturated carbocycles. The van der Waals surface area contributed by atoms with Gasteiger partial charge in [-0.05, 0) is 35.9 Å². The SMILES string of the molecule is O=C(NC(=O)c1c(Cl)cccc1Cl)Nc1cccc(/C=C(\Cl)C(F)(F)F)c1. The molecule has 0 aliphatic carbocycles. The molecule has 0 saturated heterocycles. The molecule has 0 radical (unpaired) electrons. The molecule has 0 aliphatic heterocycles. The number of carbonyl (C=O) groups excluding carboxylic acids is 2. The fourth-order valence-electron chi connectivity index (χ4n) is 1.98. The van der Waals surface area contributed by atoms with E-state index in [1.54, 1.807) is 0 Å². The molecule has 142 valence electrons. The van der Waals surface area contributed by atoms with Crippen LogP contribution in [0.4, 0.5) is 23.7 Å². The summed E-state index contributed by atoms with van der Waals surface area (Å²) < 4.78 is 37.4. The van der Waals surface area contributed by atoms with Crippen molar-refractivity contribution in [1.29, 1.82) is 0 Å². The lowest BCUT2D eigenvalue weighted by molar-refractivity contribution is -0.0836. The molecule has 0 bridgehead atoms. The van der Waals surface area contributed by atoms with E-state index in [1.165, 1.54) is 42.5 Å². The molecule has 0 atom stereocenters. The molecule has 0 heterocycles. The Hall–Kier alpha value is -2.22. The predicted octanol–water partition coefficient (Wildman–Crippen LogP) is 6.10. The molecule has 2 N–H and O–H groups in total. The molecule has 27 heavy (non-hydrogen) atoms. The fourth-order valence-corrected chi connectivity index (χ4v) is 2.67. The molecule has 0 spiro atoms. The van der Waals surface area contributed by atoms with Gasteiger partial charge in [0.05, 0.1) is 15.6 Å². The lowest BCUT2D eigenvalue weighted by Gasteiger charge is -2.10. The van der Waals surface area contributed by atoms with E-state index in [0.717, 1.165) is 0 Å². The number of alkyl halides is 3. The summed E-state index contributed by atoms with van der Waals surface area (Å²) in [6.07, 6.45) is -3.97. The van der Waals surface area contributed by atoms with Gasteiger partial charge in [0.15, 0.2) is 0 Å². The van der Waals surface area contributed by atoms with E-state index in [9.17, 15) is 22.8 Å². The highest BCUT2D eigenvalue weighted by Crippen LogP contribution is 2.30. The van der Waals surface area contributed by atoms with Crippen LogP contribution in [0.25, 0.3) is 6.08 Å². The zero-order valence-electron chi connectivity index (χ0n) is 13.2. The maximum absolute atomic E-state index is 12.5. The fraction of sp³-hybridized carbons (Fsp3) is 0.0588. The van der Waals surface area contributed by atoms with Crippen LogP contribution in [0, 0.1) is 0 Å². The molecule has 2 aromatic rings. The van der Waals surface area contributed by atoms with Gasteiger partial charge < -0.3 is 5.32 Å². The zero-order chi connectivity index (χ0) is 20.2. The third-order valence-corrected chi connectivity index (χ3v) is 4.08. The average molecular weight is 438 g/mol. The summed E-state index contributed by atoms with van der Waals surface area (Å²) >= 11 is 17.0. The summed E-state index contributed by atoms with van der Waals surface area (Å²) in [6.45, 7) is 0. The van der Waals surface area contributed by atoms with Crippen LogP contribution in [-0.2, 0) is 0 Å². The van der Waals surface area contributed by atoms with E-state index in [0.29, 0.717) is 6.08 Å². The van der Waals surface area contributed by atoms with Crippen molar-refractivity contribution < 1.29 is 22.8 Å². The van der Waals surface area contributed by atoms with Crippen LogP contribution in [0.2, 0.25) is 10.0 Å². The second-order valence-electron chi connectivity index (χ2n) is 5.12. The first-order chi connectivity index (χ1) is 12.6. The molecule has 4 nitrogen and oxygen atoms in total. The van der Waals surface area contributed by atoms with Crippen molar-refractivity contribution >= 4 is 58.5 Å². The standard InChI is InChI=1S/C17H10Cl3F3N2O2/c18-11-5-2-6-12(19)14(11)15(26)25-16(27)24-10-4-1-3-9(7-10)8-13(20)17(21,22)23/h1-8H,(H2,24,25,26,27)/b13-8-. The number of halogens is 6. The Morgan fingerprint density at radius 3 is 2.19 bits per heavy atom. The highest BCUT2D eigenvalue weighted by Gasteiger charge is 2.32. The molecule has 2 aromatic carbocycles. The number of allylic oxidation sites excluding steroid dienone is 1. The first-order valence-corrected chi connectivity index (χ1v) is 8.32.